The van der Waals surface area contributed by atoms with Crippen LogP contribution in [0.2, 0.25) is 10.0 Å². The smallest absolute Gasteiger partial charge is 0.264 e. The summed E-state index contributed by atoms with van der Waals surface area (Å²) >= 11 is 12.0. The summed E-state index contributed by atoms with van der Waals surface area (Å²) < 4.78 is 33.6. The van der Waals surface area contributed by atoms with Crippen LogP contribution in [0.15, 0.2) is 77.7 Å². The van der Waals surface area contributed by atoms with Crippen LogP contribution in [0.4, 0.5) is 5.69 Å². The first kappa shape index (κ1) is 28.3. The van der Waals surface area contributed by atoms with Gasteiger partial charge in [0.25, 0.3) is 10.0 Å². The fourth-order valence-corrected chi connectivity index (χ4v) is 5.26. The lowest BCUT2D eigenvalue weighted by Crippen LogP contribution is -2.50. The first-order valence-electron chi connectivity index (χ1n) is 11.2. The summed E-state index contributed by atoms with van der Waals surface area (Å²) in [7, 11) is -1.23. The summed E-state index contributed by atoms with van der Waals surface area (Å²) in [6.45, 7) is 1.10. The zero-order chi connectivity index (χ0) is 27.2. The molecule has 37 heavy (non-hydrogen) atoms. The molecule has 0 fully saturated rings. The average Bonchev–Trinajstić information content (AvgIpc) is 2.91. The van der Waals surface area contributed by atoms with E-state index in [1.807, 2.05) is 0 Å². The predicted octanol–water partition coefficient (Wildman–Crippen LogP) is 4.36. The number of rotatable bonds is 10. The standard InChI is InChI=1S/C26H27Cl2N3O5S/c1-18(26(33)29-2)30(16-19-4-6-20(27)7-5-19)25(32)17-31(22-10-8-21(28)9-11-22)37(34,35)24-14-12-23(36-3)13-15-24/h4-15,18H,16-17H2,1-3H3,(H,29,33)/t18-/m0/s1. The van der Waals surface area contributed by atoms with Crippen LogP contribution in [0.1, 0.15) is 12.5 Å². The van der Waals surface area contributed by atoms with E-state index in [1.165, 1.54) is 67.6 Å². The van der Waals surface area contributed by atoms with Crippen molar-refractivity contribution in [1.82, 2.24) is 10.2 Å². The Kier molecular flexibility index (Phi) is 9.42. The number of carbonyl (C=O) groups is 2. The quantitative estimate of drug-likeness (QED) is 0.395. The lowest BCUT2D eigenvalue weighted by molar-refractivity contribution is -0.139. The molecule has 11 heteroatoms. The monoisotopic (exact) mass is 563 g/mol. The maximum atomic E-state index is 13.7. The Morgan fingerprint density at radius 1 is 0.919 bits per heavy atom. The van der Waals surface area contributed by atoms with Gasteiger partial charge in [0.1, 0.15) is 18.3 Å². The van der Waals surface area contributed by atoms with Gasteiger partial charge in [-0.05, 0) is 73.2 Å². The largest absolute Gasteiger partial charge is 0.497 e. The highest BCUT2D eigenvalue weighted by atomic mass is 35.5. The van der Waals surface area contributed by atoms with Crippen molar-refractivity contribution in [3.63, 3.8) is 0 Å². The van der Waals surface area contributed by atoms with Crippen LogP contribution in [0.25, 0.3) is 0 Å². The van der Waals surface area contributed by atoms with Crippen LogP contribution < -0.4 is 14.4 Å². The number of nitrogens with one attached hydrogen (secondary N) is 1. The van der Waals surface area contributed by atoms with E-state index in [-0.39, 0.29) is 17.1 Å². The normalized spacial score (nSPS) is 11.9. The molecule has 0 heterocycles. The van der Waals surface area contributed by atoms with Gasteiger partial charge in [-0.2, -0.15) is 0 Å². The molecule has 0 spiro atoms. The van der Waals surface area contributed by atoms with Crippen molar-refractivity contribution in [2.75, 3.05) is 25.0 Å². The minimum absolute atomic E-state index is 0.0281. The predicted molar refractivity (Wildman–Crippen MR) is 145 cm³/mol. The molecule has 2 amide bonds. The zero-order valence-electron chi connectivity index (χ0n) is 20.5. The Bertz CT molecular complexity index is 1330. The minimum atomic E-state index is -4.18. The van der Waals surface area contributed by atoms with Crippen molar-refractivity contribution in [2.45, 2.75) is 24.4 Å². The van der Waals surface area contributed by atoms with Crippen molar-refractivity contribution < 1.29 is 22.7 Å². The molecule has 3 rings (SSSR count). The molecular weight excluding hydrogens is 537 g/mol. The summed E-state index contributed by atoms with van der Waals surface area (Å²) in [6, 6.07) is 17.9. The summed E-state index contributed by atoms with van der Waals surface area (Å²) in [5.41, 5.74) is 0.970. The molecule has 0 saturated carbocycles. The molecule has 196 valence electrons. The molecular formula is C26H27Cl2N3O5S. The molecule has 3 aromatic carbocycles. The first-order valence-corrected chi connectivity index (χ1v) is 13.4. The Balaban J connectivity index is 2.01. The molecule has 0 aromatic heterocycles. The van der Waals surface area contributed by atoms with Gasteiger partial charge >= 0.3 is 0 Å². The second-order valence-electron chi connectivity index (χ2n) is 8.10. The van der Waals surface area contributed by atoms with E-state index in [0.717, 1.165) is 9.87 Å². The van der Waals surface area contributed by atoms with E-state index >= 15 is 0 Å². The number of sulfonamides is 1. The summed E-state index contributed by atoms with van der Waals surface area (Å²) in [4.78, 5) is 27.5. The Morgan fingerprint density at radius 2 is 1.46 bits per heavy atom. The molecule has 8 nitrogen and oxygen atoms in total. The van der Waals surface area contributed by atoms with Gasteiger partial charge in [-0.1, -0.05) is 35.3 Å². The van der Waals surface area contributed by atoms with Crippen LogP contribution in [0, 0.1) is 0 Å². The number of hydrogen-bond acceptors (Lipinski definition) is 5. The second-order valence-corrected chi connectivity index (χ2v) is 10.8. The summed E-state index contributed by atoms with van der Waals surface area (Å²) in [5, 5.41) is 3.48. The van der Waals surface area contributed by atoms with Gasteiger partial charge in [-0.15, -0.1) is 0 Å². The van der Waals surface area contributed by atoms with E-state index < -0.39 is 34.4 Å². The Morgan fingerprint density at radius 3 is 1.97 bits per heavy atom. The van der Waals surface area contributed by atoms with Crippen LogP contribution in [-0.2, 0) is 26.2 Å². The number of hydrogen-bond donors (Lipinski definition) is 1. The van der Waals surface area contributed by atoms with Crippen LogP contribution in [0.3, 0.4) is 0 Å². The van der Waals surface area contributed by atoms with E-state index in [1.54, 1.807) is 31.2 Å². The van der Waals surface area contributed by atoms with E-state index in [2.05, 4.69) is 5.32 Å². The molecule has 0 aliphatic carbocycles. The highest BCUT2D eigenvalue weighted by molar-refractivity contribution is 7.92. The van der Waals surface area contributed by atoms with Gasteiger partial charge in [0.05, 0.1) is 17.7 Å². The number of carbonyl (C=O) groups excluding carboxylic acids is 2. The fraction of sp³-hybridized carbons (Fsp3) is 0.231. The molecule has 1 atom stereocenters. The maximum Gasteiger partial charge on any atom is 0.264 e. The Hall–Kier alpha value is -3.27. The van der Waals surface area contributed by atoms with Gasteiger partial charge in [-0.25, -0.2) is 8.42 Å². The SMILES string of the molecule is CNC(=O)[C@H](C)N(Cc1ccc(Cl)cc1)C(=O)CN(c1ccc(Cl)cc1)S(=O)(=O)c1ccc(OC)cc1. The van der Waals surface area contributed by atoms with Crippen molar-refractivity contribution in [2.24, 2.45) is 0 Å². The van der Waals surface area contributed by atoms with Gasteiger partial charge in [0.15, 0.2) is 0 Å². The number of amides is 2. The van der Waals surface area contributed by atoms with E-state index in [0.29, 0.717) is 15.8 Å². The molecule has 0 aliphatic heterocycles. The number of ether oxygens (including phenoxy) is 1. The maximum absolute atomic E-state index is 13.7. The molecule has 0 aliphatic rings. The van der Waals surface area contributed by atoms with Gasteiger partial charge in [0, 0.05) is 23.6 Å². The fourth-order valence-electron chi connectivity index (χ4n) is 3.59. The number of halogens is 2. The molecule has 0 unspecified atom stereocenters. The molecule has 3 aromatic rings. The average molecular weight is 564 g/mol. The number of anilines is 1. The summed E-state index contributed by atoms with van der Waals surface area (Å²) in [6.07, 6.45) is 0. The summed E-state index contributed by atoms with van der Waals surface area (Å²) in [5.74, 6) is -0.474. The number of likely N-dealkylation sites (N-methyl/N-ethyl adjacent to an activating group) is 1. The van der Waals surface area contributed by atoms with Crippen LogP contribution in [0.5, 0.6) is 5.75 Å². The molecule has 0 radical (unpaired) electrons. The number of benzene rings is 3. The number of nitrogens with zero attached hydrogens (tertiary/aromatic N) is 2. The highest BCUT2D eigenvalue weighted by Crippen LogP contribution is 2.27. The highest BCUT2D eigenvalue weighted by Gasteiger charge is 2.32. The lowest BCUT2D eigenvalue weighted by Gasteiger charge is -2.31. The van der Waals surface area contributed by atoms with Gasteiger partial charge in [-0.3, -0.25) is 13.9 Å². The van der Waals surface area contributed by atoms with E-state index in [4.69, 9.17) is 27.9 Å². The van der Waals surface area contributed by atoms with Gasteiger partial charge in [0.2, 0.25) is 11.8 Å². The second kappa shape index (κ2) is 12.3. The molecule has 0 saturated heterocycles. The van der Waals surface area contributed by atoms with Gasteiger partial charge < -0.3 is 15.0 Å². The third kappa shape index (κ3) is 6.94. The van der Waals surface area contributed by atoms with Crippen molar-refractivity contribution >= 4 is 50.7 Å². The van der Waals surface area contributed by atoms with Crippen molar-refractivity contribution in [3.05, 3.63) is 88.4 Å². The van der Waals surface area contributed by atoms with Crippen LogP contribution in [-0.4, -0.2) is 51.9 Å². The zero-order valence-corrected chi connectivity index (χ0v) is 22.8. The Labute approximate surface area is 226 Å². The minimum Gasteiger partial charge on any atom is -0.497 e. The topological polar surface area (TPSA) is 96.0 Å². The van der Waals surface area contributed by atoms with Crippen molar-refractivity contribution in [3.8, 4) is 5.75 Å². The third-order valence-electron chi connectivity index (χ3n) is 5.72. The molecule has 0 bridgehead atoms. The van der Waals surface area contributed by atoms with E-state index in [9.17, 15) is 18.0 Å². The third-order valence-corrected chi connectivity index (χ3v) is 8.01. The van der Waals surface area contributed by atoms with Crippen molar-refractivity contribution in [1.29, 1.82) is 0 Å². The molecule has 1 N–H and O–H groups in total. The first-order chi connectivity index (χ1) is 17.6. The lowest BCUT2D eigenvalue weighted by atomic mass is 10.1. The number of methoxy groups -OCH3 is 1. The van der Waals surface area contributed by atoms with Crippen LogP contribution >= 0.6 is 23.2 Å².